The second-order valence-electron chi connectivity index (χ2n) is 12.4. The third-order valence-electron chi connectivity index (χ3n) is 9.92. The quantitative estimate of drug-likeness (QED) is 0.413. The lowest BCUT2D eigenvalue weighted by Crippen LogP contribution is -2.64. The minimum atomic E-state index is -0.892. The van der Waals surface area contributed by atoms with Gasteiger partial charge in [0.15, 0.2) is 5.84 Å². The van der Waals surface area contributed by atoms with Crippen LogP contribution in [0.15, 0.2) is 60.1 Å². The number of aryl methyl sites for hydroxylation is 1. The highest BCUT2D eigenvalue weighted by Gasteiger charge is 2.68. The number of oxime groups is 1. The molecule has 3 heterocycles. The maximum absolute atomic E-state index is 13.9. The minimum absolute atomic E-state index is 0.0712. The van der Waals surface area contributed by atoms with Crippen molar-refractivity contribution in [3.05, 3.63) is 77.6 Å². The van der Waals surface area contributed by atoms with Crippen LogP contribution in [0.4, 0.5) is 4.39 Å². The van der Waals surface area contributed by atoms with Crippen LogP contribution in [-0.4, -0.2) is 52.9 Å². The number of halogens is 1. The van der Waals surface area contributed by atoms with Crippen molar-refractivity contribution in [3.63, 3.8) is 0 Å². The van der Waals surface area contributed by atoms with Crippen LogP contribution < -0.4 is 4.74 Å². The van der Waals surface area contributed by atoms with E-state index in [2.05, 4.69) is 22.0 Å². The van der Waals surface area contributed by atoms with E-state index < -0.39 is 11.1 Å². The maximum Gasteiger partial charge on any atom is 0.234 e. The molecule has 41 heavy (non-hydrogen) atoms. The Morgan fingerprint density at radius 1 is 1.10 bits per heavy atom. The standard InChI is InChI=1S/C32H35FN4O4/c1-20-16-36(19-34-20)26-10-5-21(13-27(26)39-3)25-14-24(38)15-28(40-4)32(25)17-31(11-12-31)18-37-29(32)35-41-30(37,2)22-6-8-23(33)9-7-22/h5-10,13,16,19,25,28H,11-12,14-15,17-18H2,1-4H3. The molecule has 3 aromatic rings. The monoisotopic (exact) mass is 558 g/mol. The highest BCUT2D eigenvalue weighted by Crippen LogP contribution is 2.66. The predicted octanol–water partition coefficient (Wildman–Crippen LogP) is 5.48. The number of Topliss-reactive ketones (excluding diaryl/α,β-unsaturated/α-hetero) is 1. The summed E-state index contributed by atoms with van der Waals surface area (Å²) in [5, 5.41) is 4.80. The highest BCUT2D eigenvalue weighted by molar-refractivity contribution is 5.95. The number of fused-ring (bicyclic) bond motifs is 2. The number of piperidine rings is 1. The number of imidazole rings is 1. The van der Waals surface area contributed by atoms with E-state index in [1.54, 1.807) is 32.7 Å². The average molecular weight is 559 g/mol. The van der Waals surface area contributed by atoms with Crippen LogP contribution in [0, 0.1) is 23.6 Å². The zero-order chi connectivity index (χ0) is 28.6. The topological polar surface area (TPSA) is 78.2 Å². The Bertz CT molecular complexity index is 1550. The van der Waals surface area contributed by atoms with E-state index >= 15 is 0 Å². The Morgan fingerprint density at radius 2 is 1.88 bits per heavy atom. The van der Waals surface area contributed by atoms with E-state index in [0.29, 0.717) is 18.6 Å². The van der Waals surface area contributed by atoms with E-state index in [-0.39, 0.29) is 29.0 Å². The predicted molar refractivity (Wildman–Crippen MR) is 150 cm³/mol. The first-order valence-electron chi connectivity index (χ1n) is 14.3. The van der Waals surface area contributed by atoms with Gasteiger partial charge in [0.25, 0.3) is 0 Å². The lowest BCUT2D eigenvalue weighted by atomic mass is 9.55. The molecule has 2 saturated carbocycles. The molecule has 4 unspecified atom stereocenters. The molecule has 2 aliphatic heterocycles. The summed E-state index contributed by atoms with van der Waals surface area (Å²) in [4.78, 5) is 26.2. The van der Waals surface area contributed by atoms with Gasteiger partial charge in [0.1, 0.15) is 17.3 Å². The summed E-state index contributed by atoms with van der Waals surface area (Å²) in [6, 6.07) is 12.6. The molecular weight excluding hydrogens is 523 g/mol. The van der Waals surface area contributed by atoms with Crippen molar-refractivity contribution in [3.8, 4) is 11.4 Å². The maximum atomic E-state index is 13.9. The molecule has 8 nitrogen and oxygen atoms in total. The van der Waals surface area contributed by atoms with Gasteiger partial charge in [-0.1, -0.05) is 23.4 Å². The van der Waals surface area contributed by atoms with Gasteiger partial charge in [-0.25, -0.2) is 9.37 Å². The van der Waals surface area contributed by atoms with Gasteiger partial charge in [-0.15, -0.1) is 0 Å². The fourth-order valence-electron chi connectivity index (χ4n) is 7.59. The Morgan fingerprint density at radius 3 is 2.54 bits per heavy atom. The molecule has 3 fully saturated rings. The molecule has 9 heteroatoms. The lowest BCUT2D eigenvalue weighted by molar-refractivity contribution is -0.135. The largest absolute Gasteiger partial charge is 0.495 e. The number of ketones is 1. The second-order valence-corrected chi connectivity index (χ2v) is 12.4. The molecule has 0 N–H and O–H groups in total. The summed E-state index contributed by atoms with van der Waals surface area (Å²) in [7, 11) is 3.36. The summed E-state index contributed by atoms with van der Waals surface area (Å²) in [5.74, 6) is 1.21. The summed E-state index contributed by atoms with van der Waals surface area (Å²) in [6.07, 6.45) is 7.12. The van der Waals surface area contributed by atoms with Gasteiger partial charge in [-0.05, 0) is 61.4 Å². The first-order chi connectivity index (χ1) is 19.7. The number of carbonyl (C=O) groups excluding carboxylic acids is 1. The molecule has 0 radical (unpaired) electrons. The molecule has 214 valence electrons. The number of rotatable bonds is 5. The number of nitrogens with zero attached hydrogens (tertiary/aromatic N) is 4. The molecule has 7 rings (SSSR count). The number of ether oxygens (including phenoxy) is 2. The smallest absolute Gasteiger partial charge is 0.234 e. The first kappa shape index (κ1) is 26.2. The Balaban J connectivity index is 1.37. The molecule has 1 aromatic heterocycles. The molecule has 4 aliphatic rings. The Kier molecular flexibility index (Phi) is 5.84. The fraction of sp³-hybridized carbons (Fsp3) is 0.469. The van der Waals surface area contributed by atoms with E-state index in [4.69, 9.17) is 19.5 Å². The first-order valence-corrected chi connectivity index (χ1v) is 14.3. The molecule has 2 aliphatic carbocycles. The molecule has 4 atom stereocenters. The van der Waals surface area contributed by atoms with Crippen LogP contribution in [0.1, 0.15) is 61.8 Å². The van der Waals surface area contributed by atoms with Gasteiger partial charge in [-0.3, -0.25) is 4.79 Å². The minimum Gasteiger partial charge on any atom is -0.495 e. The van der Waals surface area contributed by atoms with Crippen molar-refractivity contribution < 1.29 is 23.5 Å². The van der Waals surface area contributed by atoms with Crippen molar-refractivity contribution in [1.82, 2.24) is 14.5 Å². The number of methoxy groups -OCH3 is 2. The van der Waals surface area contributed by atoms with Crippen LogP contribution in [0.5, 0.6) is 5.75 Å². The summed E-state index contributed by atoms with van der Waals surface area (Å²) < 4.78 is 27.9. The molecule has 2 aromatic carbocycles. The number of aromatic nitrogens is 2. The van der Waals surface area contributed by atoms with Gasteiger partial charge in [0, 0.05) is 51.1 Å². The molecule has 1 saturated heterocycles. The normalized spacial score (nSPS) is 29.8. The zero-order valence-corrected chi connectivity index (χ0v) is 23.9. The van der Waals surface area contributed by atoms with Crippen molar-refractivity contribution in [2.75, 3.05) is 20.8 Å². The average Bonchev–Trinajstić information content (AvgIpc) is 3.41. The number of amidine groups is 1. The third kappa shape index (κ3) is 3.92. The van der Waals surface area contributed by atoms with Crippen molar-refractivity contribution in [1.29, 1.82) is 0 Å². The second kappa shape index (κ2) is 9.14. The van der Waals surface area contributed by atoms with E-state index in [0.717, 1.165) is 54.2 Å². The highest BCUT2D eigenvalue weighted by atomic mass is 19.1. The van der Waals surface area contributed by atoms with Crippen LogP contribution in [0.3, 0.4) is 0 Å². The fourth-order valence-corrected chi connectivity index (χ4v) is 7.59. The molecular formula is C32H35FN4O4. The van der Waals surface area contributed by atoms with E-state index in [1.165, 1.54) is 12.1 Å². The summed E-state index contributed by atoms with van der Waals surface area (Å²) in [5.41, 5.74) is 2.23. The Hall–Kier alpha value is -3.72. The summed E-state index contributed by atoms with van der Waals surface area (Å²) >= 11 is 0. The SMILES string of the molecule is COc1cc(C2CC(=O)CC(OC)C23CC2(CC2)CN2C3=NOC2(C)c2ccc(F)cc2)ccc1-n1cnc(C)c1. The van der Waals surface area contributed by atoms with Crippen LogP contribution in [-0.2, 0) is 20.1 Å². The number of hydrogen-bond donors (Lipinski definition) is 0. The van der Waals surface area contributed by atoms with Gasteiger partial charge < -0.3 is 23.8 Å². The molecule has 0 bridgehead atoms. The zero-order valence-electron chi connectivity index (χ0n) is 23.9. The molecule has 0 amide bonds. The lowest BCUT2D eigenvalue weighted by Gasteiger charge is -2.56. The van der Waals surface area contributed by atoms with Gasteiger partial charge in [0.05, 0.1) is 36.3 Å². The van der Waals surface area contributed by atoms with Crippen LogP contribution in [0.2, 0.25) is 0 Å². The Labute approximate surface area is 239 Å². The van der Waals surface area contributed by atoms with Crippen molar-refractivity contribution >= 4 is 11.6 Å². The third-order valence-corrected chi connectivity index (χ3v) is 9.92. The summed E-state index contributed by atoms with van der Waals surface area (Å²) in [6.45, 7) is 4.74. The van der Waals surface area contributed by atoms with E-state index in [9.17, 15) is 9.18 Å². The molecule has 2 spiro atoms. The van der Waals surface area contributed by atoms with E-state index in [1.807, 2.05) is 30.7 Å². The van der Waals surface area contributed by atoms with Crippen molar-refractivity contribution in [2.24, 2.45) is 16.0 Å². The van der Waals surface area contributed by atoms with Crippen LogP contribution in [0.25, 0.3) is 5.69 Å². The number of carbonyl (C=O) groups is 1. The number of benzene rings is 2. The van der Waals surface area contributed by atoms with Gasteiger partial charge >= 0.3 is 0 Å². The van der Waals surface area contributed by atoms with Crippen molar-refractivity contribution in [2.45, 2.75) is 63.7 Å². The number of hydrogen-bond acceptors (Lipinski definition) is 7. The van der Waals surface area contributed by atoms with Gasteiger partial charge in [0.2, 0.25) is 5.72 Å². The van der Waals surface area contributed by atoms with Crippen LogP contribution >= 0.6 is 0 Å². The van der Waals surface area contributed by atoms with Gasteiger partial charge in [-0.2, -0.15) is 0 Å².